The van der Waals surface area contributed by atoms with Gasteiger partial charge in [0, 0.05) is 60.7 Å². The Hall–Kier alpha value is -3.92. The normalized spacial score (nSPS) is 16.2. The van der Waals surface area contributed by atoms with Gasteiger partial charge in [-0.15, -0.1) is 0 Å². The van der Waals surface area contributed by atoms with Crippen molar-refractivity contribution in [1.29, 1.82) is 0 Å². The molecule has 9 nitrogen and oxygen atoms in total. The van der Waals surface area contributed by atoms with Gasteiger partial charge >= 0.3 is 0 Å². The molecule has 0 unspecified atom stereocenters. The molecular weight excluding hydrogens is 504 g/mol. The van der Waals surface area contributed by atoms with Crippen LogP contribution in [-0.2, 0) is 9.47 Å². The molecule has 208 valence electrons. The van der Waals surface area contributed by atoms with E-state index in [-0.39, 0.29) is 5.91 Å². The van der Waals surface area contributed by atoms with Gasteiger partial charge in [-0.1, -0.05) is 0 Å². The van der Waals surface area contributed by atoms with Crippen LogP contribution in [0.3, 0.4) is 0 Å². The highest BCUT2D eigenvalue weighted by Gasteiger charge is 2.14. The lowest BCUT2D eigenvalue weighted by Gasteiger charge is -2.28. The fourth-order valence-corrected chi connectivity index (χ4v) is 5.25. The SMILES string of the molecule is O=C(Nc1ccc2c(cnn2-c2ccc(NCCCN3CCOCC3)cc2)c1)c1ccc(N2CCOCC2)cc1. The third kappa shape index (κ3) is 6.28. The van der Waals surface area contributed by atoms with E-state index in [1.165, 1.54) is 0 Å². The van der Waals surface area contributed by atoms with E-state index < -0.39 is 0 Å². The molecule has 2 N–H and O–H groups in total. The zero-order chi connectivity index (χ0) is 27.1. The molecule has 9 heteroatoms. The van der Waals surface area contributed by atoms with E-state index in [1.54, 1.807) is 0 Å². The van der Waals surface area contributed by atoms with Crippen molar-refractivity contribution in [2.75, 3.05) is 81.2 Å². The summed E-state index contributed by atoms with van der Waals surface area (Å²) in [7, 11) is 0. The summed E-state index contributed by atoms with van der Waals surface area (Å²) < 4.78 is 12.8. The molecular formula is C31H36N6O3. The van der Waals surface area contributed by atoms with Crippen molar-refractivity contribution in [3.05, 3.63) is 78.5 Å². The summed E-state index contributed by atoms with van der Waals surface area (Å²) in [6.45, 7) is 9.00. The molecule has 0 saturated carbocycles. The van der Waals surface area contributed by atoms with Gasteiger partial charge in [-0.3, -0.25) is 9.69 Å². The third-order valence-electron chi connectivity index (χ3n) is 7.53. The highest BCUT2D eigenvalue weighted by molar-refractivity contribution is 6.05. The van der Waals surface area contributed by atoms with Crippen LogP contribution >= 0.6 is 0 Å². The summed E-state index contributed by atoms with van der Waals surface area (Å²) in [5.74, 6) is -0.131. The molecule has 2 saturated heterocycles. The van der Waals surface area contributed by atoms with Gasteiger partial charge < -0.3 is 25.0 Å². The molecule has 0 spiro atoms. The lowest BCUT2D eigenvalue weighted by molar-refractivity contribution is 0.0378. The molecule has 6 rings (SSSR count). The van der Waals surface area contributed by atoms with Crippen molar-refractivity contribution in [2.45, 2.75) is 6.42 Å². The van der Waals surface area contributed by atoms with E-state index in [9.17, 15) is 4.79 Å². The number of nitrogens with zero attached hydrogens (tertiary/aromatic N) is 4. The molecule has 4 aromatic rings. The van der Waals surface area contributed by atoms with Crippen LogP contribution in [0.15, 0.2) is 72.9 Å². The number of benzene rings is 3. The molecule has 0 aliphatic carbocycles. The number of anilines is 3. The van der Waals surface area contributed by atoms with Crippen molar-refractivity contribution in [3.63, 3.8) is 0 Å². The minimum Gasteiger partial charge on any atom is -0.385 e. The quantitative estimate of drug-likeness (QED) is 0.307. The van der Waals surface area contributed by atoms with Gasteiger partial charge in [-0.25, -0.2) is 4.68 Å². The molecule has 1 amide bonds. The molecule has 2 aliphatic rings. The molecule has 0 radical (unpaired) electrons. The lowest BCUT2D eigenvalue weighted by atomic mass is 10.1. The van der Waals surface area contributed by atoms with Gasteiger partial charge in [0.1, 0.15) is 0 Å². The zero-order valence-electron chi connectivity index (χ0n) is 22.7. The number of nitrogens with one attached hydrogen (secondary N) is 2. The standard InChI is InChI=1S/C31H36N6O3/c38-31(24-2-7-28(8-3-24)36-16-20-40-21-17-36)34-27-6-11-30-25(22-27)23-33-37(30)29-9-4-26(5-10-29)32-12-1-13-35-14-18-39-19-15-35/h2-11,22-23,32H,1,12-21H2,(H,34,38). The average molecular weight is 541 g/mol. The Morgan fingerprint density at radius 2 is 1.48 bits per heavy atom. The van der Waals surface area contributed by atoms with Crippen molar-refractivity contribution in [2.24, 2.45) is 0 Å². The van der Waals surface area contributed by atoms with Crippen molar-refractivity contribution < 1.29 is 14.3 Å². The van der Waals surface area contributed by atoms with Gasteiger partial charge in [0.25, 0.3) is 5.91 Å². The van der Waals surface area contributed by atoms with Gasteiger partial charge in [-0.05, 0) is 79.7 Å². The first-order chi connectivity index (χ1) is 19.7. The predicted molar refractivity (Wildman–Crippen MR) is 159 cm³/mol. The fraction of sp³-hybridized carbons (Fsp3) is 0.355. The number of rotatable bonds is 9. The zero-order valence-corrected chi connectivity index (χ0v) is 22.7. The van der Waals surface area contributed by atoms with Crippen LogP contribution in [0.4, 0.5) is 17.1 Å². The molecule has 3 heterocycles. The summed E-state index contributed by atoms with van der Waals surface area (Å²) in [5, 5.41) is 12.1. The number of fused-ring (bicyclic) bond motifs is 1. The lowest BCUT2D eigenvalue weighted by Crippen LogP contribution is -2.37. The maximum absolute atomic E-state index is 12.9. The van der Waals surface area contributed by atoms with Crippen molar-refractivity contribution in [3.8, 4) is 5.69 Å². The first kappa shape index (κ1) is 26.3. The second-order valence-corrected chi connectivity index (χ2v) is 10.2. The summed E-state index contributed by atoms with van der Waals surface area (Å²) >= 11 is 0. The van der Waals surface area contributed by atoms with E-state index in [0.717, 1.165) is 106 Å². The van der Waals surface area contributed by atoms with E-state index in [0.29, 0.717) is 5.56 Å². The van der Waals surface area contributed by atoms with Crippen LogP contribution in [0.2, 0.25) is 0 Å². The maximum Gasteiger partial charge on any atom is 0.255 e. The van der Waals surface area contributed by atoms with E-state index in [2.05, 4.69) is 49.8 Å². The molecule has 0 atom stereocenters. The van der Waals surface area contributed by atoms with Gasteiger partial charge in [0.15, 0.2) is 0 Å². The highest BCUT2D eigenvalue weighted by Crippen LogP contribution is 2.24. The topological polar surface area (TPSA) is 83.9 Å². The third-order valence-corrected chi connectivity index (χ3v) is 7.53. The fourth-order valence-electron chi connectivity index (χ4n) is 5.25. The first-order valence-corrected chi connectivity index (χ1v) is 14.1. The number of ether oxygens (including phenoxy) is 2. The predicted octanol–water partition coefficient (Wildman–Crippen LogP) is 4.25. The smallest absolute Gasteiger partial charge is 0.255 e. The Bertz CT molecular complexity index is 1410. The number of carbonyl (C=O) groups is 1. The van der Waals surface area contributed by atoms with Crippen LogP contribution in [-0.4, -0.2) is 86.3 Å². The highest BCUT2D eigenvalue weighted by atomic mass is 16.5. The molecule has 0 bridgehead atoms. The Kier molecular flexibility index (Phi) is 8.23. The van der Waals surface area contributed by atoms with Crippen molar-refractivity contribution >= 4 is 33.9 Å². The van der Waals surface area contributed by atoms with Gasteiger partial charge in [0.2, 0.25) is 0 Å². The largest absolute Gasteiger partial charge is 0.385 e. The number of morpholine rings is 2. The number of aromatic nitrogens is 2. The number of carbonyl (C=O) groups excluding carboxylic acids is 1. The molecule has 1 aromatic heterocycles. The Morgan fingerprint density at radius 3 is 2.23 bits per heavy atom. The monoisotopic (exact) mass is 540 g/mol. The molecule has 2 fully saturated rings. The van der Waals surface area contributed by atoms with Crippen molar-refractivity contribution in [1.82, 2.24) is 14.7 Å². The second kappa shape index (κ2) is 12.5. The van der Waals surface area contributed by atoms with Crippen LogP contribution < -0.4 is 15.5 Å². The summed E-state index contributed by atoms with van der Waals surface area (Å²) in [5.41, 5.74) is 5.56. The Morgan fingerprint density at radius 1 is 0.800 bits per heavy atom. The van der Waals surface area contributed by atoms with E-state index in [4.69, 9.17) is 9.47 Å². The molecule has 3 aromatic carbocycles. The van der Waals surface area contributed by atoms with Crippen LogP contribution in [0.25, 0.3) is 16.6 Å². The van der Waals surface area contributed by atoms with Crippen LogP contribution in [0, 0.1) is 0 Å². The molecule has 2 aliphatic heterocycles. The first-order valence-electron chi connectivity index (χ1n) is 14.1. The van der Waals surface area contributed by atoms with Crippen LogP contribution in [0.1, 0.15) is 16.8 Å². The second-order valence-electron chi connectivity index (χ2n) is 10.2. The van der Waals surface area contributed by atoms with E-state index in [1.807, 2.05) is 53.3 Å². The molecule has 40 heavy (non-hydrogen) atoms. The maximum atomic E-state index is 12.9. The minimum absolute atomic E-state index is 0.131. The van der Waals surface area contributed by atoms with E-state index >= 15 is 0 Å². The van der Waals surface area contributed by atoms with Gasteiger partial charge in [0.05, 0.1) is 43.8 Å². The minimum atomic E-state index is -0.131. The number of hydrogen-bond donors (Lipinski definition) is 2. The summed E-state index contributed by atoms with van der Waals surface area (Å²) in [6, 6.07) is 22.0. The summed E-state index contributed by atoms with van der Waals surface area (Å²) in [4.78, 5) is 17.6. The number of amides is 1. The van der Waals surface area contributed by atoms with Crippen LogP contribution in [0.5, 0.6) is 0 Å². The van der Waals surface area contributed by atoms with Gasteiger partial charge in [-0.2, -0.15) is 5.10 Å². The Balaban J connectivity index is 1.04. The Labute approximate surface area is 234 Å². The average Bonchev–Trinajstić information content (AvgIpc) is 3.44. The number of hydrogen-bond acceptors (Lipinski definition) is 7. The summed E-state index contributed by atoms with van der Waals surface area (Å²) in [6.07, 6.45) is 2.93.